The standard InChI is InChI=1S/C6H12N2O/c1-6(9)8-4-2-7-3-5-8/h7H,2-5H2,1H3/i4D. The third-order valence-corrected chi connectivity index (χ3v) is 1.39. The van der Waals surface area contributed by atoms with Crippen LogP contribution in [0.15, 0.2) is 0 Å². The molecule has 0 aromatic heterocycles. The lowest BCUT2D eigenvalue weighted by molar-refractivity contribution is -0.129. The molecule has 0 aliphatic carbocycles. The summed E-state index contributed by atoms with van der Waals surface area (Å²) in [7, 11) is 0. The Morgan fingerprint density at radius 3 is 3.00 bits per heavy atom. The van der Waals surface area contributed by atoms with E-state index in [-0.39, 0.29) is 12.4 Å². The number of piperazine rings is 1. The average molecular weight is 129 g/mol. The molecule has 3 heteroatoms. The fourth-order valence-electron chi connectivity index (χ4n) is 0.854. The molecule has 1 atom stereocenters. The minimum Gasteiger partial charge on any atom is -0.340 e. The van der Waals surface area contributed by atoms with E-state index in [0.717, 1.165) is 6.54 Å². The first kappa shape index (κ1) is 5.23. The van der Waals surface area contributed by atoms with E-state index in [2.05, 4.69) is 5.32 Å². The Morgan fingerprint density at radius 1 is 1.78 bits per heavy atom. The van der Waals surface area contributed by atoms with Crippen LogP contribution >= 0.6 is 0 Å². The van der Waals surface area contributed by atoms with Gasteiger partial charge >= 0.3 is 0 Å². The highest BCUT2D eigenvalue weighted by atomic mass is 16.2. The quantitative estimate of drug-likeness (QED) is 0.475. The van der Waals surface area contributed by atoms with Crippen LogP contribution < -0.4 is 5.32 Å². The largest absolute Gasteiger partial charge is 0.340 e. The van der Waals surface area contributed by atoms with Gasteiger partial charge in [0.2, 0.25) is 5.91 Å². The molecule has 1 fully saturated rings. The van der Waals surface area contributed by atoms with Gasteiger partial charge in [-0.15, -0.1) is 0 Å². The van der Waals surface area contributed by atoms with Gasteiger partial charge in [-0.3, -0.25) is 4.79 Å². The molecule has 1 aliphatic rings. The first-order valence-electron chi connectivity index (χ1n) is 3.69. The summed E-state index contributed by atoms with van der Waals surface area (Å²) in [5.41, 5.74) is 0. The van der Waals surface area contributed by atoms with Crippen LogP contribution in [0.2, 0.25) is 0 Å². The number of amides is 1. The Labute approximate surface area is 56.4 Å². The molecule has 0 aromatic carbocycles. The summed E-state index contributed by atoms with van der Waals surface area (Å²) in [6.45, 7) is 3.21. The lowest BCUT2D eigenvalue weighted by Crippen LogP contribution is -2.45. The number of carbonyl (C=O) groups is 1. The molecular formula is C6H12N2O. The number of carbonyl (C=O) groups excluding carboxylic acids is 1. The van der Waals surface area contributed by atoms with Crippen LogP contribution in [-0.4, -0.2) is 37.0 Å². The van der Waals surface area contributed by atoms with Crippen molar-refractivity contribution in [2.24, 2.45) is 0 Å². The van der Waals surface area contributed by atoms with E-state index in [1.807, 2.05) is 0 Å². The van der Waals surface area contributed by atoms with Gasteiger partial charge in [0.05, 0.1) is 1.37 Å². The predicted molar refractivity (Wildman–Crippen MR) is 35.1 cm³/mol. The maximum atomic E-state index is 10.8. The second kappa shape index (κ2) is 2.82. The van der Waals surface area contributed by atoms with Crippen LogP contribution in [0.5, 0.6) is 0 Å². The maximum Gasteiger partial charge on any atom is 0.219 e. The molecule has 1 N–H and O–H groups in total. The highest BCUT2D eigenvalue weighted by Gasteiger charge is 2.10. The van der Waals surface area contributed by atoms with Gasteiger partial charge in [0.1, 0.15) is 0 Å². The monoisotopic (exact) mass is 129 g/mol. The second-order valence-corrected chi connectivity index (χ2v) is 2.10. The van der Waals surface area contributed by atoms with Crippen molar-refractivity contribution < 1.29 is 6.17 Å². The molecule has 9 heavy (non-hydrogen) atoms. The van der Waals surface area contributed by atoms with E-state index in [4.69, 9.17) is 1.37 Å². The Morgan fingerprint density at radius 2 is 2.56 bits per heavy atom. The van der Waals surface area contributed by atoms with Crippen LogP contribution in [-0.2, 0) is 4.79 Å². The normalized spacial score (nSPS) is 29.7. The molecule has 1 saturated heterocycles. The highest BCUT2D eigenvalue weighted by molar-refractivity contribution is 5.73. The molecule has 1 rings (SSSR count). The zero-order chi connectivity index (χ0) is 7.56. The number of rotatable bonds is 0. The van der Waals surface area contributed by atoms with Crippen LogP contribution in [0.25, 0.3) is 0 Å². The Bertz CT molecular complexity index is 140. The molecule has 0 spiro atoms. The Kier molecular flexibility index (Phi) is 1.64. The second-order valence-electron chi connectivity index (χ2n) is 2.10. The van der Waals surface area contributed by atoms with E-state index >= 15 is 0 Å². The van der Waals surface area contributed by atoms with Crippen LogP contribution in [0.4, 0.5) is 0 Å². The van der Waals surface area contributed by atoms with Gasteiger partial charge in [0.15, 0.2) is 0 Å². The van der Waals surface area contributed by atoms with E-state index < -0.39 is 0 Å². The van der Waals surface area contributed by atoms with Crippen LogP contribution in [0.1, 0.15) is 8.29 Å². The lowest BCUT2D eigenvalue weighted by atomic mass is 10.4. The zero-order valence-corrected chi connectivity index (χ0v) is 5.55. The number of nitrogens with zero attached hydrogens (tertiary/aromatic N) is 1. The molecule has 0 saturated carbocycles. The van der Waals surface area contributed by atoms with E-state index in [1.165, 1.54) is 6.92 Å². The van der Waals surface area contributed by atoms with Crippen molar-refractivity contribution in [1.82, 2.24) is 10.2 Å². The summed E-state index contributed by atoms with van der Waals surface area (Å²) < 4.78 is 7.40. The first-order chi connectivity index (χ1) is 4.72. The number of hydrogen-bond acceptors (Lipinski definition) is 2. The molecule has 1 amide bonds. The van der Waals surface area contributed by atoms with Crippen molar-refractivity contribution in [3.05, 3.63) is 0 Å². The van der Waals surface area contributed by atoms with Gasteiger partial charge in [-0.1, -0.05) is 0 Å². The average Bonchev–Trinajstić information content (AvgIpc) is 1.88. The molecular weight excluding hydrogens is 116 g/mol. The maximum absolute atomic E-state index is 10.8. The predicted octanol–water partition coefficient (Wildman–Crippen LogP) is -0.562. The van der Waals surface area contributed by atoms with Crippen molar-refractivity contribution in [2.45, 2.75) is 6.92 Å². The van der Waals surface area contributed by atoms with Gasteiger partial charge in [-0.05, 0) is 0 Å². The molecule has 1 unspecified atom stereocenters. The van der Waals surface area contributed by atoms with Gasteiger partial charge in [0.25, 0.3) is 0 Å². The molecule has 1 aliphatic heterocycles. The van der Waals surface area contributed by atoms with E-state index in [1.54, 1.807) is 4.90 Å². The summed E-state index contributed by atoms with van der Waals surface area (Å²) in [6, 6.07) is 0. The van der Waals surface area contributed by atoms with Crippen molar-refractivity contribution in [1.29, 1.82) is 0 Å². The summed E-state index contributed by atoms with van der Waals surface area (Å²) >= 11 is 0. The fraction of sp³-hybridized carbons (Fsp3) is 0.833. The highest BCUT2D eigenvalue weighted by Crippen LogP contribution is 1.90. The lowest BCUT2D eigenvalue weighted by Gasteiger charge is -2.25. The van der Waals surface area contributed by atoms with E-state index in [9.17, 15) is 4.79 Å². The van der Waals surface area contributed by atoms with Gasteiger partial charge in [-0.2, -0.15) is 0 Å². The molecule has 52 valence electrons. The van der Waals surface area contributed by atoms with E-state index in [0.29, 0.717) is 13.1 Å². The molecule has 1 heterocycles. The topological polar surface area (TPSA) is 32.3 Å². The smallest absolute Gasteiger partial charge is 0.219 e. The van der Waals surface area contributed by atoms with Crippen molar-refractivity contribution in [2.75, 3.05) is 26.2 Å². The summed E-state index contributed by atoms with van der Waals surface area (Å²) in [5, 5.41) is 3.04. The summed E-state index contributed by atoms with van der Waals surface area (Å²) in [5.74, 6) is 0.00139. The van der Waals surface area contributed by atoms with Gasteiger partial charge in [-0.25, -0.2) is 0 Å². The Hall–Kier alpha value is -0.570. The minimum atomic E-state index is -0.383. The third kappa shape index (κ3) is 1.68. The number of hydrogen-bond donors (Lipinski definition) is 1. The first-order valence-corrected chi connectivity index (χ1v) is 3.12. The van der Waals surface area contributed by atoms with Crippen molar-refractivity contribution >= 4 is 5.91 Å². The van der Waals surface area contributed by atoms with Crippen molar-refractivity contribution in [3.8, 4) is 0 Å². The molecule has 3 nitrogen and oxygen atoms in total. The van der Waals surface area contributed by atoms with Crippen LogP contribution in [0.3, 0.4) is 0 Å². The minimum absolute atomic E-state index is 0.00139. The molecule has 0 bridgehead atoms. The zero-order valence-electron chi connectivity index (χ0n) is 6.55. The molecule has 0 aromatic rings. The SMILES string of the molecule is [2H]C1CNCCN1C(C)=O. The fourth-order valence-corrected chi connectivity index (χ4v) is 0.854. The van der Waals surface area contributed by atoms with Crippen LogP contribution in [0, 0.1) is 0 Å². The van der Waals surface area contributed by atoms with Gasteiger partial charge < -0.3 is 10.2 Å². The van der Waals surface area contributed by atoms with Gasteiger partial charge in [0, 0.05) is 33.1 Å². The van der Waals surface area contributed by atoms with Crippen molar-refractivity contribution in [3.63, 3.8) is 0 Å². The number of nitrogens with one attached hydrogen (secondary N) is 1. The molecule has 0 radical (unpaired) electrons. The summed E-state index contributed by atoms with van der Waals surface area (Å²) in [6.07, 6.45) is 0. The third-order valence-electron chi connectivity index (χ3n) is 1.39. The summed E-state index contributed by atoms with van der Waals surface area (Å²) in [4.78, 5) is 12.4. The Balaban J connectivity index is 2.47.